The number of rotatable bonds is 5. The molecule has 2 aromatic rings. The summed E-state index contributed by atoms with van der Waals surface area (Å²) in [7, 11) is -3.22. The van der Waals surface area contributed by atoms with Crippen LogP contribution < -0.4 is 0 Å². The van der Waals surface area contributed by atoms with E-state index in [9.17, 15) is 8.42 Å². The molecular weight excluding hydrogens is 308 g/mol. The molecule has 4 nitrogen and oxygen atoms in total. The summed E-state index contributed by atoms with van der Waals surface area (Å²) in [4.78, 5) is 7.91. The van der Waals surface area contributed by atoms with Crippen LogP contribution in [0.2, 0.25) is 0 Å². The van der Waals surface area contributed by atoms with Crippen LogP contribution in [-0.4, -0.2) is 24.1 Å². The predicted molar refractivity (Wildman–Crippen MR) is 85.2 cm³/mol. The molecule has 0 saturated heterocycles. The molecule has 0 radical (unpaired) electrons. The number of alkyl halides is 1. The quantitative estimate of drug-likeness (QED) is 0.854. The standard InChI is InChI=1S/C15H19ClN2O2S/c1-10(2)9-21(19,20)13-6-4-12(5-7-13)15-17-11(3)14(8-16)18-15/h4-7,10H,8-9H2,1-3H3,(H,17,18). The molecule has 0 atom stereocenters. The Labute approximate surface area is 130 Å². The zero-order chi connectivity index (χ0) is 15.6. The average molecular weight is 327 g/mol. The van der Waals surface area contributed by atoms with Crippen molar-refractivity contribution in [3.63, 3.8) is 0 Å². The van der Waals surface area contributed by atoms with Crippen molar-refractivity contribution in [2.75, 3.05) is 5.75 Å². The fourth-order valence-electron chi connectivity index (χ4n) is 2.12. The van der Waals surface area contributed by atoms with Crippen LogP contribution in [0.15, 0.2) is 29.2 Å². The van der Waals surface area contributed by atoms with Crippen LogP contribution in [0.3, 0.4) is 0 Å². The molecule has 0 spiro atoms. The molecule has 0 aliphatic heterocycles. The van der Waals surface area contributed by atoms with E-state index in [-0.39, 0.29) is 11.7 Å². The van der Waals surface area contributed by atoms with E-state index in [1.165, 1.54) is 0 Å². The number of benzene rings is 1. The molecule has 6 heteroatoms. The summed E-state index contributed by atoms with van der Waals surface area (Å²) < 4.78 is 24.3. The molecule has 1 aromatic heterocycles. The minimum Gasteiger partial charge on any atom is -0.342 e. The molecule has 0 amide bonds. The molecule has 1 N–H and O–H groups in total. The second kappa shape index (κ2) is 6.20. The van der Waals surface area contributed by atoms with Gasteiger partial charge in [-0.05, 0) is 37.1 Å². The van der Waals surface area contributed by atoms with E-state index in [0.717, 1.165) is 17.0 Å². The second-order valence-electron chi connectivity index (χ2n) is 5.49. The van der Waals surface area contributed by atoms with E-state index in [1.54, 1.807) is 24.3 Å². The average Bonchev–Trinajstić information content (AvgIpc) is 2.79. The summed E-state index contributed by atoms with van der Waals surface area (Å²) in [6.45, 7) is 5.70. The molecule has 2 rings (SSSR count). The van der Waals surface area contributed by atoms with Crippen LogP contribution in [0.4, 0.5) is 0 Å². The van der Waals surface area contributed by atoms with Gasteiger partial charge in [-0.25, -0.2) is 13.4 Å². The van der Waals surface area contributed by atoms with Gasteiger partial charge < -0.3 is 4.98 Å². The van der Waals surface area contributed by atoms with Crippen LogP contribution in [0.1, 0.15) is 25.2 Å². The van der Waals surface area contributed by atoms with E-state index in [1.807, 2.05) is 20.8 Å². The summed E-state index contributed by atoms with van der Waals surface area (Å²) in [5.74, 6) is 1.32. The first-order chi connectivity index (χ1) is 9.83. The Hall–Kier alpha value is -1.33. The van der Waals surface area contributed by atoms with Crippen molar-refractivity contribution in [2.45, 2.75) is 31.5 Å². The topological polar surface area (TPSA) is 62.8 Å². The number of aryl methyl sites for hydroxylation is 1. The first-order valence-electron chi connectivity index (χ1n) is 6.78. The molecule has 1 aromatic carbocycles. The lowest BCUT2D eigenvalue weighted by Gasteiger charge is -2.07. The third kappa shape index (κ3) is 3.66. The molecule has 0 aliphatic carbocycles. The Balaban J connectivity index is 2.30. The van der Waals surface area contributed by atoms with Gasteiger partial charge in [0.15, 0.2) is 9.84 Å². The first-order valence-corrected chi connectivity index (χ1v) is 8.97. The van der Waals surface area contributed by atoms with Crippen LogP contribution in [-0.2, 0) is 15.7 Å². The number of imidazole rings is 1. The van der Waals surface area contributed by atoms with Gasteiger partial charge in [0, 0.05) is 11.3 Å². The number of H-pyrrole nitrogens is 1. The number of nitrogens with zero attached hydrogens (tertiary/aromatic N) is 1. The highest BCUT2D eigenvalue weighted by atomic mass is 35.5. The molecule has 0 fully saturated rings. The monoisotopic (exact) mass is 326 g/mol. The van der Waals surface area contributed by atoms with Crippen LogP contribution >= 0.6 is 11.6 Å². The van der Waals surface area contributed by atoms with Crippen molar-refractivity contribution in [3.05, 3.63) is 35.7 Å². The lowest BCUT2D eigenvalue weighted by Crippen LogP contribution is -2.11. The number of nitrogens with one attached hydrogen (secondary N) is 1. The Morgan fingerprint density at radius 2 is 1.86 bits per heavy atom. The lowest BCUT2D eigenvalue weighted by atomic mass is 10.2. The largest absolute Gasteiger partial charge is 0.342 e. The van der Waals surface area contributed by atoms with Gasteiger partial charge in [-0.3, -0.25) is 0 Å². The number of aromatic nitrogens is 2. The van der Waals surface area contributed by atoms with E-state index in [0.29, 0.717) is 16.6 Å². The lowest BCUT2D eigenvalue weighted by molar-refractivity contribution is 0.582. The first kappa shape index (κ1) is 16.0. The van der Waals surface area contributed by atoms with Gasteiger partial charge in [0.1, 0.15) is 5.82 Å². The highest BCUT2D eigenvalue weighted by molar-refractivity contribution is 7.91. The molecule has 0 unspecified atom stereocenters. The SMILES string of the molecule is Cc1[nH]c(-c2ccc(S(=O)(=O)CC(C)C)cc2)nc1CCl. The number of halogens is 1. The van der Waals surface area contributed by atoms with Gasteiger partial charge in [-0.1, -0.05) is 13.8 Å². The minimum absolute atomic E-state index is 0.105. The van der Waals surface area contributed by atoms with E-state index in [4.69, 9.17) is 11.6 Å². The van der Waals surface area contributed by atoms with Crippen LogP contribution in [0.25, 0.3) is 11.4 Å². The van der Waals surface area contributed by atoms with Gasteiger partial charge >= 0.3 is 0 Å². The maximum absolute atomic E-state index is 12.2. The Kier molecular flexibility index (Phi) is 4.74. The summed E-state index contributed by atoms with van der Waals surface area (Å²) in [6, 6.07) is 6.80. The Morgan fingerprint density at radius 3 is 2.33 bits per heavy atom. The maximum atomic E-state index is 12.2. The number of sulfone groups is 1. The number of aromatic amines is 1. The number of hydrogen-bond acceptors (Lipinski definition) is 3. The summed E-state index contributed by atoms with van der Waals surface area (Å²) in [5, 5.41) is 0. The molecule has 0 saturated carbocycles. The van der Waals surface area contributed by atoms with Gasteiger partial charge in [-0.2, -0.15) is 0 Å². The van der Waals surface area contributed by atoms with Crippen molar-refractivity contribution in [1.29, 1.82) is 0 Å². The van der Waals surface area contributed by atoms with E-state index < -0.39 is 9.84 Å². The van der Waals surface area contributed by atoms with Crippen LogP contribution in [0.5, 0.6) is 0 Å². The minimum atomic E-state index is -3.22. The van der Waals surface area contributed by atoms with E-state index in [2.05, 4.69) is 9.97 Å². The number of hydrogen-bond donors (Lipinski definition) is 1. The van der Waals surface area contributed by atoms with Crippen LogP contribution in [0, 0.1) is 12.8 Å². The van der Waals surface area contributed by atoms with Crippen molar-refractivity contribution in [2.24, 2.45) is 5.92 Å². The third-order valence-electron chi connectivity index (χ3n) is 3.15. The highest BCUT2D eigenvalue weighted by Crippen LogP contribution is 2.22. The molecule has 1 heterocycles. The van der Waals surface area contributed by atoms with Gasteiger partial charge in [0.25, 0.3) is 0 Å². The van der Waals surface area contributed by atoms with E-state index >= 15 is 0 Å². The molecule has 114 valence electrons. The summed E-state index contributed by atoms with van der Waals surface area (Å²) in [5.41, 5.74) is 2.58. The molecule has 21 heavy (non-hydrogen) atoms. The third-order valence-corrected chi connectivity index (χ3v) is 5.50. The van der Waals surface area contributed by atoms with Crippen molar-refractivity contribution < 1.29 is 8.42 Å². The molecule has 0 aliphatic rings. The smallest absolute Gasteiger partial charge is 0.178 e. The van der Waals surface area contributed by atoms with Gasteiger partial charge in [0.2, 0.25) is 0 Å². The van der Waals surface area contributed by atoms with Crippen molar-refractivity contribution >= 4 is 21.4 Å². The second-order valence-corrected chi connectivity index (χ2v) is 7.79. The fraction of sp³-hybridized carbons (Fsp3) is 0.400. The summed E-state index contributed by atoms with van der Waals surface area (Å²) >= 11 is 5.80. The summed E-state index contributed by atoms with van der Waals surface area (Å²) in [6.07, 6.45) is 0. The van der Waals surface area contributed by atoms with Crippen molar-refractivity contribution in [1.82, 2.24) is 9.97 Å². The molecular formula is C15H19ClN2O2S. The Bertz CT molecular complexity index is 719. The van der Waals surface area contributed by atoms with Gasteiger partial charge in [0.05, 0.1) is 22.2 Å². The predicted octanol–water partition coefficient (Wildman–Crippen LogP) is 3.55. The highest BCUT2D eigenvalue weighted by Gasteiger charge is 2.16. The maximum Gasteiger partial charge on any atom is 0.178 e. The normalized spacial score (nSPS) is 12.0. The van der Waals surface area contributed by atoms with Gasteiger partial charge in [-0.15, -0.1) is 11.6 Å². The van der Waals surface area contributed by atoms with Crippen molar-refractivity contribution in [3.8, 4) is 11.4 Å². The zero-order valence-electron chi connectivity index (χ0n) is 12.4. The zero-order valence-corrected chi connectivity index (χ0v) is 13.9. The molecule has 0 bridgehead atoms. The fourth-order valence-corrected chi connectivity index (χ4v) is 4.00. The Morgan fingerprint density at radius 1 is 1.24 bits per heavy atom.